The molecule has 2 unspecified atom stereocenters. The van der Waals surface area contributed by atoms with Gasteiger partial charge >= 0.3 is 5.97 Å². The number of rotatable bonds is 10. The lowest BCUT2D eigenvalue weighted by molar-refractivity contribution is -0.186. The molecule has 2 aromatic carbocycles. The Morgan fingerprint density at radius 3 is 2.79 bits per heavy atom. The number of fused-ring (bicyclic) bond motifs is 2. The predicted octanol–water partition coefficient (Wildman–Crippen LogP) is 6.58. The molecule has 1 fully saturated rings. The number of carbonyl (C=O) groups is 1. The fraction of sp³-hybridized carbons (Fsp3) is 0.533. The molecule has 0 aliphatic heterocycles. The normalized spacial score (nSPS) is 27.7. The molecule has 3 aromatic rings. The maximum absolute atomic E-state index is 15.9. The van der Waals surface area contributed by atoms with E-state index in [4.69, 9.17) is 17.1 Å². The average molecular weight is 537 g/mol. The zero-order chi connectivity index (χ0) is 35.0. The Morgan fingerprint density at radius 1 is 1.29 bits per heavy atom. The monoisotopic (exact) mass is 536 g/mol. The van der Waals surface area contributed by atoms with Crippen molar-refractivity contribution in [2.75, 3.05) is 20.0 Å². The second kappa shape index (κ2) is 10.4. The summed E-state index contributed by atoms with van der Waals surface area (Å²) in [6.07, 6.45) is -7.71. The number of halogens is 3. The average Bonchev–Trinajstić information content (AvgIpc) is 3.70. The number of carbonyl (C=O) groups excluding carboxylic acids is 1. The Morgan fingerprint density at radius 2 is 2.08 bits per heavy atom. The fourth-order valence-corrected chi connectivity index (χ4v) is 5.47. The van der Waals surface area contributed by atoms with E-state index in [1.165, 1.54) is 12.1 Å². The molecule has 1 saturated carbocycles. The maximum atomic E-state index is 15.9. The van der Waals surface area contributed by atoms with Crippen molar-refractivity contribution in [1.82, 2.24) is 14.9 Å². The number of imidazole rings is 1. The second-order valence-electron chi connectivity index (χ2n) is 10.5. The van der Waals surface area contributed by atoms with Gasteiger partial charge in [-0.1, -0.05) is 32.0 Å². The fourth-order valence-electron chi connectivity index (χ4n) is 5.47. The first-order valence-corrected chi connectivity index (χ1v) is 12.7. The number of hydrogen-bond donors (Lipinski definition) is 1. The van der Waals surface area contributed by atoms with Gasteiger partial charge in [-0.05, 0) is 68.4 Å². The number of aromatic nitrogens is 2. The Bertz CT molecular complexity index is 1630. The number of benzene rings is 2. The van der Waals surface area contributed by atoms with Crippen LogP contribution >= 0.6 is 0 Å². The van der Waals surface area contributed by atoms with E-state index in [1.54, 1.807) is 32.0 Å². The highest BCUT2D eigenvalue weighted by Crippen LogP contribution is 2.56. The minimum absolute atomic E-state index is 0.00115. The van der Waals surface area contributed by atoms with Gasteiger partial charge in [-0.25, -0.2) is 18.2 Å². The van der Waals surface area contributed by atoms with Crippen LogP contribution in [0.2, 0.25) is 0 Å². The molecule has 2 aliphatic rings. The molecule has 1 aromatic heterocycles. The van der Waals surface area contributed by atoms with E-state index in [-0.39, 0.29) is 16.0 Å². The number of H-pyrrole nitrogens is 1. The second-order valence-corrected chi connectivity index (χ2v) is 10.5. The van der Waals surface area contributed by atoms with E-state index in [1.807, 2.05) is 0 Å². The third-order valence-corrected chi connectivity index (χ3v) is 7.23. The van der Waals surface area contributed by atoms with Gasteiger partial charge in [0.15, 0.2) is 0 Å². The van der Waals surface area contributed by atoms with Crippen LogP contribution in [0.3, 0.4) is 0 Å². The highest BCUT2D eigenvalue weighted by molar-refractivity contribution is 5.76. The van der Waals surface area contributed by atoms with Gasteiger partial charge < -0.3 is 14.6 Å². The lowest BCUT2D eigenvalue weighted by Gasteiger charge is -2.49. The number of hydrogen-bond acceptors (Lipinski definition) is 4. The summed E-state index contributed by atoms with van der Waals surface area (Å²) in [6.45, 7) is -4.58. The molecule has 0 bridgehead atoms. The van der Waals surface area contributed by atoms with Crippen molar-refractivity contribution in [3.05, 3.63) is 65.2 Å². The Hall–Kier alpha value is -2.87. The molecular weight excluding hydrogens is 491 g/mol. The summed E-state index contributed by atoms with van der Waals surface area (Å²) >= 11 is 0. The van der Waals surface area contributed by atoms with E-state index in [2.05, 4.69) is 9.97 Å². The van der Waals surface area contributed by atoms with Gasteiger partial charge in [0.05, 0.1) is 23.4 Å². The summed E-state index contributed by atoms with van der Waals surface area (Å²) < 4.78 is 129. The molecule has 0 radical (unpaired) electrons. The van der Waals surface area contributed by atoms with Gasteiger partial charge in [-0.3, -0.25) is 4.79 Å². The number of nitrogens with one attached hydrogen (secondary N) is 1. The smallest absolute Gasteiger partial charge is 0.309 e. The molecule has 38 heavy (non-hydrogen) atoms. The molecule has 5 rings (SSSR count). The van der Waals surface area contributed by atoms with Crippen LogP contribution in [-0.4, -0.2) is 46.5 Å². The third-order valence-electron chi connectivity index (χ3n) is 7.23. The van der Waals surface area contributed by atoms with Crippen LogP contribution in [0.5, 0.6) is 0 Å². The van der Waals surface area contributed by atoms with E-state index < -0.39 is 98.1 Å². The Labute approximate surface area is 234 Å². The van der Waals surface area contributed by atoms with Gasteiger partial charge in [0.25, 0.3) is 5.92 Å². The van der Waals surface area contributed by atoms with Crippen molar-refractivity contribution in [3.63, 3.8) is 0 Å². The third kappa shape index (κ3) is 5.46. The van der Waals surface area contributed by atoms with Crippen LogP contribution in [0.1, 0.15) is 81.1 Å². The van der Waals surface area contributed by atoms with Crippen molar-refractivity contribution in [1.29, 1.82) is 0 Å². The Balaban J connectivity index is 1.57. The van der Waals surface area contributed by atoms with Gasteiger partial charge in [0.2, 0.25) is 0 Å². The number of aryl methyl sites for hydroxylation is 1. The molecule has 2 aliphatic carbocycles. The zero-order valence-corrected chi connectivity index (χ0v) is 21.2. The van der Waals surface area contributed by atoms with Crippen molar-refractivity contribution in [2.45, 2.75) is 69.7 Å². The number of nitrogens with zero attached hydrogens (tertiary/aromatic N) is 2. The lowest BCUT2D eigenvalue weighted by atomic mass is 9.64. The number of aromatic amines is 1. The molecule has 0 amide bonds. The summed E-state index contributed by atoms with van der Waals surface area (Å²) in [6, 6.07) is 9.25. The van der Waals surface area contributed by atoms with Gasteiger partial charge in [-0.2, -0.15) is 0 Å². The SMILES string of the molecule is [2H]C([2H])([2H])N(CCC1(OC(=O)C2CC2)CC(F)(F)c2cc(F)ccc2C1C(C)C)C([2H])([2H])C([2H])([2H])C([2H])([2H])c1nc2ccccc2[nH]1. The quantitative estimate of drug-likeness (QED) is 0.297. The summed E-state index contributed by atoms with van der Waals surface area (Å²) in [5, 5.41) is 0. The van der Waals surface area contributed by atoms with Gasteiger partial charge in [0, 0.05) is 43.2 Å². The summed E-state index contributed by atoms with van der Waals surface area (Å²) in [5.74, 6) is -8.02. The zero-order valence-electron chi connectivity index (χ0n) is 30.2. The molecular formula is C30H36F3N3O2. The molecule has 1 N–H and O–H groups in total. The van der Waals surface area contributed by atoms with Crippen LogP contribution in [0.4, 0.5) is 13.2 Å². The number of ether oxygens (including phenoxy) is 1. The van der Waals surface area contributed by atoms with Crippen molar-refractivity contribution >= 4 is 17.0 Å². The molecule has 8 heteroatoms. The summed E-state index contributed by atoms with van der Waals surface area (Å²) in [5.41, 5.74) is -2.08. The van der Waals surface area contributed by atoms with E-state index in [0.29, 0.717) is 18.4 Å². The lowest BCUT2D eigenvalue weighted by Crippen LogP contribution is -2.52. The van der Waals surface area contributed by atoms with Crippen molar-refractivity contribution < 1.29 is 35.0 Å². The summed E-state index contributed by atoms with van der Waals surface area (Å²) in [4.78, 5) is 20.0. The van der Waals surface area contributed by atoms with Crippen LogP contribution in [0.25, 0.3) is 11.0 Å². The molecule has 1 heterocycles. The number of alkyl halides is 2. The first kappa shape index (κ1) is 17.7. The van der Waals surface area contributed by atoms with Gasteiger partial charge in [0.1, 0.15) is 17.2 Å². The van der Waals surface area contributed by atoms with E-state index in [0.717, 1.165) is 12.1 Å². The highest BCUT2D eigenvalue weighted by atomic mass is 19.3. The topological polar surface area (TPSA) is 58.2 Å². The molecule has 0 spiro atoms. The summed E-state index contributed by atoms with van der Waals surface area (Å²) in [7, 11) is 0. The highest BCUT2D eigenvalue weighted by Gasteiger charge is 2.58. The Kier molecular flexibility index (Phi) is 4.82. The first-order chi connectivity index (χ1) is 21.5. The molecule has 204 valence electrons. The first-order valence-electron chi connectivity index (χ1n) is 17.2. The van der Waals surface area contributed by atoms with Crippen LogP contribution in [-0.2, 0) is 21.8 Å². The number of esters is 1. The van der Waals surface area contributed by atoms with Crippen LogP contribution in [0.15, 0.2) is 42.5 Å². The minimum Gasteiger partial charge on any atom is -0.458 e. The standard InChI is InChI=1S/C30H36F3N3O2/c1-19(2)27-22-13-12-21(31)17-23(22)30(32,33)18-29(27,38-28(37)20-10-11-20)14-16-36(3)15-6-9-26-34-24-7-4-5-8-25(24)35-26/h4-5,7-8,12-13,17,19-20,27H,6,9-11,14-16,18H2,1-3H3,(H,34,35)/i3D3,6D2,9D2,15D2. The minimum atomic E-state index is -3.73. The van der Waals surface area contributed by atoms with Crippen LogP contribution in [0, 0.1) is 17.7 Å². The van der Waals surface area contributed by atoms with Crippen LogP contribution < -0.4 is 0 Å². The van der Waals surface area contributed by atoms with Gasteiger partial charge in [-0.15, -0.1) is 0 Å². The van der Waals surface area contributed by atoms with E-state index in [9.17, 15) is 9.18 Å². The molecule has 2 atom stereocenters. The van der Waals surface area contributed by atoms with Crippen molar-refractivity contribution in [2.24, 2.45) is 11.8 Å². The maximum Gasteiger partial charge on any atom is 0.309 e. The van der Waals surface area contributed by atoms with Crippen molar-refractivity contribution in [3.8, 4) is 0 Å². The molecule has 5 nitrogen and oxygen atoms in total. The predicted molar refractivity (Wildman–Crippen MR) is 141 cm³/mol. The van der Waals surface area contributed by atoms with E-state index >= 15 is 8.78 Å². The largest absolute Gasteiger partial charge is 0.458 e. The molecule has 0 saturated heterocycles. The number of para-hydroxylation sites is 2.